The predicted molar refractivity (Wildman–Crippen MR) is 254 cm³/mol. The van der Waals surface area contributed by atoms with Crippen molar-refractivity contribution < 1.29 is 23.7 Å². The van der Waals surface area contributed by atoms with Crippen LogP contribution in [0.5, 0.6) is 28.7 Å². The highest BCUT2D eigenvalue weighted by Crippen LogP contribution is 2.44. The van der Waals surface area contributed by atoms with Crippen LogP contribution in [-0.2, 0) is 0 Å². The van der Waals surface area contributed by atoms with E-state index in [1.807, 2.05) is 18.2 Å². The van der Waals surface area contributed by atoms with Crippen molar-refractivity contribution in [2.24, 2.45) is 0 Å². The highest BCUT2D eigenvalue weighted by molar-refractivity contribution is 6.25. The first-order valence-electron chi connectivity index (χ1n) is 24.4. The summed E-state index contributed by atoms with van der Waals surface area (Å²) in [6, 6.07) is 14.6. The topological polar surface area (TPSA) is 71.9 Å². The fourth-order valence-electron chi connectivity index (χ4n) is 8.20. The first-order chi connectivity index (χ1) is 29.6. The van der Waals surface area contributed by atoms with E-state index in [0.29, 0.717) is 26.4 Å². The van der Waals surface area contributed by atoms with Gasteiger partial charge in [-0.25, -0.2) is 9.97 Å². The number of rotatable bonds is 33. The van der Waals surface area contributed by atoms with E-state index in [1.165, 1.54) is 128 Å². The van der Waals surface area contributed by atoms with Crippen molar-refractivity contribution in [2.75, 3.05) is 33.5 Å². The third-order valence-electron chi connectivity index (χ3n) is 11.9. The third-order valence-corrected chi connectivity index (χ3v) is 11.9. The molecule has 5 aromatic rings. The normalized spacial score (nSPS) is 11.6. The average Bonchev–Trinajstić information content (AvgIpc) is 3.27. The quantitative estimate of drug-likeness (QED) is 0.0237. The zero-order valence-corrected chi connectivity index (χ0v) is 38.3. The average molecular weight is 823 g/mol. The van der Waals surface area contributed by atoms with Crippen LogP contribution in [-0.4, -0.2) is 43.5 Å². The van der Waals surface area contributed by atoms with Crippen LogP contribution in [0.25, 0.3) is 43.6 Å². The van der Waals surface area contributed by atoms with Crippen LogP contribution in [0.15, 0.2) is 42.5 Å². The summed E-state index contributed by atoms with van der Waals surface area (Å²) in [5, 5.41) is 4.08. The Bertz CT molecular complexity index is 1990. The van der Waals surface area contributed by atoms with Crippen molar-refractivity contribution in [1.82, 2.24) is 9.97 Å². The minimum Gasteiger partial charge on any atom is -0.497 e. The largest absolute Gasteiger partial charge is 0.497 e. The van der Waals surface area contributed by atoms with Crippen molar-refractivity contribution in [3.63, 3.8) is 0 Å². The molecule has 0 atom stereocenters. The molecule has 5 rings (SSSR count). The molecule has 1 aromatic heterocycles. The van der Waals surface area contributed by atoms with Gasteiger partial charge in [0, 0.05) is 16.8 Å². The Kier molecular flexibility index (Phi) is 21.2. The first-order valence-corrected chi connectivity index (χ1v) is 24.4. The molecule has 7 nitrogen and oxygen atoms in total. The summed E-state index contributed by atoms with van der Waals surface area (Å²) in [6.45, 7) is 11.7. The van der Waals surface area contributed by atoms with Crippen LogP contribution < -0.4 is 23.7 Å². The van der Waals surface area contributed by atoms with Crippen LogP contribution >= 0.6 is 0 Å². The second kappa shape index (κ2) is 27.1. The van der Waals surface area contributed by atoms with Gasteiger partial charge in [0.1, 0.15) is 5.75 Å². The molecule has 0 aliphatic carbocycles. The number of hydrogen-bond acceptors (Lipinski definition) is 7. The van der Waals surface area contributed by atoms with Crippen LogP contribution in [0.4, 0.5) is 0 Å². The number of methoxy groups -OCH3 is 1. The molecule has 0 radical (unpaired) electrons. The second-order valence-corrected chi connectivity index (χ2v) is 16.9. The van der Waals surface area contributed by atoms with E-state index in [2.05, 4.69) is 52.0 Å². The Labute approximate surface area is 362 Å². The van der Waals surface area contributed by atoms with Gasteiger partial charge in [0.05, 0.1) is 55.6 Å². The summed E-state index contributed by atoms with van der Waals surface area (Å²) in [4.78, 5) is 10.6. The molecule has 0 saturated heterocycles. The molecule has 7 heteroatoms. The van der Waals surface area contributed by atoms with Gasteiger partial charge in [-0.3, -0.25) is 0 Å². The number of ether oxygens (including phenoxy) is 5. The van der Waals surface area contributed by atoms with Crippen LogP contribution in [0.2, 0.25) is 0 Å². The zero-order valence-electron chi connectivity index (χ0n) is 38.3. The lowest BCUT2D eigenvalue weighted by atomic mass is 9.97. The van der Waals surface area contributed by atoms with Gasteiger partial charge in [-0.1, -0.05) is 156 Å². The monoisotopic (exact) mass is 823 g/mol. The minimum atomic E-state index is 0.651. The summed E-state index contributed by atoms with van der Waals surface area (Å²) in [7, 11) is 1.69. The lowest BCUT2D eigenvalue weighted by Gasteiger charge is -2.19. The van der Waals surface area contributed by atoms with E-state index in [-0.39, 0.29) is 0 Å². The number of unbranched alkanes of at least 4 members (excludes halogenated alkanes) is 20. The number of aromatic nitrogens is 2. The van der Waals surface area contributed by atoms with Crippen molar-refractivity contribution in [3.05, 3.63) is 42.5 Å². The molecule has 0 N–H and O–H groups in total. The Morgan fingerprint density at radius 2 is 0.667 bits per heavy atom. The van der Waals surface area contributed by atoms with E-state index in [4.69, 9.17) is 33.7 Å². The fraction of sp³-hybridized carbons (Fsp3) is 0.623. The maximum absolute atomic E-state index is 6.66. The molecule has 0 aliphatic rings. The van der Waals surface area contributed by atoms with Crippen LogP contribution in [0.3, 0.4) is 0 Å². The highest BCUT2D eigenvalue weighted by Gasteiger charge is 2.20. The van der Waals surface area contributed by atoms with Gasteiger partial charge < -0.3 is 23.7 Å². The van der Waals surface area contributed by atoms with Gasteiger partial charge in [-0.2, -0.15) is 0 Å². The molecular weight excluding hydrogens is 745 g/mol. The second-order valence-electron chi connectivity index (χ2n) is 16.9. The van der Waals surface area contributed by atoms with E-state index in [1.54, 1.807) is 7.11 Å². The Morgan fingerprint density at radius 1 is 0.350 bits per heavy atom. The summed E-state index contributed by atoms with van der Waals surface area (Å²) in [5.74, 6) is 3.88. The van der Waals surface area contributed by atoms with Crippen molar-refractivity contribution >= 4 is 43.6 Å². The lowest BCUT2D eigenvalue weighted by Crippen LogP contribution is -2.04. The molecule has 0 aliphatic heterocycles. The van der Waals surface area contributed by atoms with Gasteiger partial charge in [-0.15, -0.1) is 0 Å². The smallest absolute Gasteiger partial charge is 0.161 e. The Balaban J connectivity index is 1.59. The molecule has 0 unspecified atom stereocenters. The molecule has 4 aromatic carbocycles. The van der Waals surface area contributed by atoms with Gasteiger partial charge in [0.2, 0.25) is 0 Å². The highest BCUT2D eigenvalue weighted by atomic mass is 16.5. The lowest BCUT2D eigenvalue weighted by molar-refractivity contribution is 0.259. The SMILES string of the molecule is CCCCCCCCOc1cc2c3cc(OCCCCCCCC)c(OCCCCCCCC)cc3c3nc4cc(OC)ccc4nc3c2cc1OCCCCCCCC. The molecule has 0 fully saturated rings. The van der Waals surface area contributed by atoms with Crippen molar-refractivity contribution in [2.45, 2.75) is 182 Å². The number of hydrogen-bond donors (Lipinski definition) is 0. The van der Waals surface area contributed by atoms with Gasteiger partial charge in [0.25, 0.3) is 0 Å². The van der Waals surface area contributed by atoms with Gasteiger partial charge in [0.15, 0.2) is 23.0 Å². The van der Waals surface area contributed by atoms with Crippen LogP contribution in [0, 0.1) is 0 Å². The maximum atomic E-state index is 6.66. The zero-order chi connectivity index (χ0) is 42.2. The summed E-state index contributed by atoms with van der Waals surface area (Å²) >= 11 is 0. The minimum absolute atomic E-state index is 0.651. The molecular formula is C53H78N2O5. The van der Waals surface area contributed by atoms with Gasteiger partial charge in [-0.05, 0) is 72.9 Å². The van der Waals surface area contributed by atoms with E-state index in [9.17, 15) is 0 Å². The first kappa shape index (κ1) is 47.1. The summed E-state index contributed by atoms with van der Waals surface area (Å²) in [5.41, 5.74) is 3.27. The number of benzene rings is 4. The molecule has 0 saturated carbocycles. The van der Waals surface area contributed by atoms with Gasteiger partial charge >= 0.3 is 0 Å². The molecule has 0 bridgehead atoms. The molecule has 0 spiro atoms. The van der Waals surface area contributed by atoms with Crippen molar-refractivity contribution in [1.29, 1.82) is 0 Å². The molecule has 0 amide bonds. The Morgan fingerprint density at radius 3 is 1.02 bits per heavy atom. The summed E-state index contributed by atoms with van der Waals surface area (Å²) < 4.78 is 32.2. The van der Waals surface area contributed by atoms with Crippen molar-refractivity contribution in [3.8, 4) is 28.7 Å². The molecule has 1 heterocycles. The Hall–Kier alpha value is -4.00. The number of fused-ring (bicyclic) bond motifs is 7. The maximum Gasteiger partial charge on any atom is 0.161 e. The number of nitrogens with zero attached hydrogens (tertiary/aromatic N) is 2. The van der Waals surface area contributed by atoms with E-state index in [0.717, 1.165) is 98.0 Å². The molecule has 60 heavy (non-hydrogen) atoms. The third kappa shape index (κ3) is 14.3. The fourth-order valence-corrected chi connectivity index (χ4v) is 8.20. The predicted octanol–water partition coefficient (Wildman–Crippen LogP) is 16.1. The molecule has 330 valence electrons. The summed E-state index contributed by atoms with van der Waals surface area (Å²) in [6.07, 6.45) is 29.1. The van der Waals surface area contributed by atoms with Crippen LogP contribution in [0.1, 0.15) is 182 Å². The van der Waals surface area contributed by atoms with E-state index < -0.39 is 0 Å². The van der Waals surface area contributed by atoms with E-state index >= 15 is 0 Å². The standard InChI is InChI=1S/C53H78N2O5/c1-6-10-14-18-22-26-32-57-48-37-42-43-38-49(58-33-27-23-19-15-11-7-2)51(60-35-29-25-21-17-13-9-4)40-45(43)53-52(54-46-31-30-41(56-5)36-47(46)55-53)44(42)39-50(48)59-34-28-24-20-16-12-8-3/h30-31,36-40H,6-29,32-35H2,1-5H3.